The van der Waals surface area contributed by atoms with Crippen LogP contribution in [0.15, 0.2) is 45.1 Å². The molecular weight excluding hydrogens is 248 g/mol. The molecule has 90 valence electrons. The number of hydrogen-bond donors (Lipinski definition) is 1. The van der Waals surface area contributed by atoms with Gasteiger partial charge in [-0.3, -0.25) is 0 Å². The van der Waals surface area contributed by atoms with E-state index in [1.807, 2.05) is 11.6 Å². The fourth-order valence-corrected chi connectivity index (χ4v) is 2.95. The van der Waals surface area contributed by atoms with Crippen molar-refractivity contribution in [3.63, 3.8) is 0 Å². The van der Waals surface area contributed by atoms with E-state index in [0.29, 0.717) is 6.04 Å². The Morgan fingerprint density at radius 1 is 1.29 bits per heavy atom. The zero-order valence-electron chi connectivity index (χ0n) is 10.0. The van der Waals surface area contributed by atoms with Crippen LogP contribution in [-0.4, -0.2) is 11.0 Å². The van der Waals surface area contributed by atoms with Crippen molar-refractivity contribution < 1.29 is 0 Å². The first-order valence-electron chi connectivity index (χ1n) is 5.64. The minimum Gasteiger partial charge on any atom is -0.310 e. The van der Waals surface area contributed by atoms with Gasteiger partial charge in [-0.15, -0.1) is 11.3 Å². The van der Waals surface area contributed by atoms with E-state index in [-0.39, 0.29) is 0 Å². The molecule has 0 atom stereocenters. The summed E-state index contributed by atoms with van der Waals surface area (Å²) in [5, 5.41) is 5.41. The molecule has 0 aliphatic heterocycles. The molecule has 0 saturated heterocycles. The van der Waals surface area contributed by atoms with Gasteiger partial charge in [-0.1, -0.05) is 37.7 Å². The monoisotopic (exact) mass is 264 g/mol. The number of hydrogen-bond acceptors (Lipinski definition) is 4. The van der Waals surface area contributed by atoms with Crippen molar-refractivity contribution >= 4 is 23.1 Å². The van der Waals surface area contributed by atoms with Gasteiger partial charge in [0.05, 0.1) is 0 Å². The Labute approximate surface area is 110 Å². The van der Waals surface area contributed by atoms with Crippen LogP contribution in [-0.2, 0) is 6.54 Å². The third kappa shape index (κ3) is 4.15. The number of aromatic nitrogens is 1. The quantitative estimate of drug-likeness (QED) is 0.889. The summed E-state index contributed by atoms with van der Waals surface area (Å²) in [7, 11) is 0. The third-order valence-corrected chi connectivity index (χ3v) is 4.14. The Morgan fingerprint density at radius 2 is 2.06 bits per heavy atom. The molecule has 1 aromatic heterocycles. The summed E-state index contributed by atoms with van der Waals surface area (Å²) in [6.45, 7) is 5.25. The molecule has 1 heterocycles. The van der Waals surface area contributed by atoms with Crippen LogP contribution in [0.1, 0.15) is 19.4 Å². The lowest BCUT2D eigenvalue weighted by Crippen LogP contribution is -2.21. The number of thiazole rings is 1. The Kier molecular flexibility index (Phi) is 4.59. The SMILES string of the molecule is CC(C)NCc1ccc(Sc2nccs2)cc1. The van der Waals surface area contributed by atoms with Crippen LogP contribution >= 0.6 is 23.1 Å². The van der Waals surface area contributed by atoms with E-state index in [4.69, 9.17) is 0 Å². The Balaban J connectivity index is 1.93. The van der Waals surface area contributed by atoms with Crippen LogP contribution in [0, 0.1) is 0 Å². The number of benzene rings is 1. The molecule has 1 N–H and O–H groups in total. The summed E-state index contributed by atoms with van der Waals surface area (Å²) in [6, 6.07) is 9.18. The van der Waals surface area contributed by atoms with Crippen LogP contribution in [0.25, 0.3) is 0 Å². The molecular formula is C13H16N2S2. The summed E-state index contributed by atoms with van der Waals surface area (Å²) >= 11 is 3.39. The molecule has 0 saturated carbocycles. The van der Waals surface area contributed by atoms with Gasteiger partial charge in [0, 0.05) is 29.1 Å². The van der Waals surface area contributed by atoms with Crippen LogP contribution < -0.4 is 5.32 Å². The van der Waals surface area contributed by atoms with E-state index in [1.54, 1.807) is 23.1 Å². The van der Waals surface area contributed by atoms with Crippen molar-refractivity contribution in [3.05, 3.63) is 41.4 Å². The van der Waals surface area contributed by atoms with Crippen molar-refractivity contribution in [2.75, 3.05) is 0 Å². The first-order chi connectivity index (χ1) is 8.24. The van der Waals surface area contributed by atoms with Crippen LogP contribution in [0.3, 0.4) is 0 Å². The van der Waals surface area contributed by atoms with Crippen molar-refractivity contribution in [1.29, 1.82) is 0 Å². The van der Waals surface area contributed by atoms with Crippen LogP contribution in [0.2, 0.25) is 0 Å². The smallest absolute Gasteiger partial charge is 0.154 e. The molecule has 0 aliphatic carbocycles. The molecule has 0 amide bonds. The molecule has 17 heavy (non-hydrogen) atoms. The second-order valence-corrected chi connectivity index (χ2v) is 6.29. The van der Waals surface area contributed by atoms with Crippen LogP contribution in [0.5, 0.6) is 0 Å². The van der Waals surface area contributed by atoms with E-state index < -0.39 is 0 Å². The van der Waals surface area contributed by atoms with Crippen molar-refractivity contribution in [3.8, 4) is 0 Å². The average Bonchev–Trinajstić information content (AvgIpc) is 2.81. The first kappa shape index (κ1) is 12.6. The van der Waals surface area contributed by atoms with E-state index in [1.165, 1.54) is 10.5 Å². The zero-order valence-corrected chi connectivity index (χ0v) is 11.6. The van der Waals surface area contributed by atoms with Gasteiger partial charge in [-0.25, -0.2) is 4.98 Å². The maximum atomic E-state index is 4.26. The lowest BCUT2D eigenvalue weighted by molar-refractivity contribution is 0.588. The lowest BCUT2D eigenvalue weighted by Gasteiger charge is -2.08. The topological polar surface area (TPSA) is 24.9 Å². The van der Waals surface area contributed by atoms with E-state index >= 15 is 0 Å². The van der Waals surface area contributed by atoms with Gasteiger partial charge in [-0.2, -0.15) is 0 Å². The molecule has 2 aromatic rings. The molecule has 2 rings (SSSR count). The summed E-state index contributed by atoms with van der Waals surface area (Å²) in [4.78, 5) is 5.51. The highest BCUT2D eigenvalue weighted by atomic mass is 32.2. The van der Waals surface area contributed by atoms with E-state index in [0.717, 1.165) is 10.9 Å². The normalized spacial score (nSPS) is 11.0. The van der Waals surface area contributed by atoms with Crippen LogP contribution in [0.4, 0.5) is 0 Å². The first-order valence-corrected chi connectivity index (χ1v) is 7.33. The van der Waals surface area contributed by atoms with E-state index in [9.17, 15) is 0 Å². The largest absolute Gasteiger partial charge is 0.310 e. The molecule has 0 bridgehead atoms. The highest BCUT2D eigenvalue weighted by Gasteiger charge is 2.00. The predicted octanol–water partition coefficient (Wildman–Crippen LogP) is 3.79. The Hall–Kier alpha value is -0.840. The Morgan fingerprint density at radius 3 is 2.65 bits per heavy atom. The number of nitrogens with zero attached hydrogens (tertiary/aromatic N) is 1. The highest BCUT2D eigenvalue weighted by molar-refractivity contribution is 8.01. The fraction of sp³-hybridized carbons (Fsp3) is 0.308. The van der Waals surface area contributed by atoms with Crippen molar-refractivity contribution in [2.45, 2.75) is 35.7 Å². The van der Waals surface area contributed by atoms with Gasteiger partial charge in [0.15, 0.2) is 4.34 Å². The van der Waals surface area contributed by atoms with Gasteiger partial charge in [0.1, 0.15) is 0 Å². The summed E-state index contributed by atoms with van der Waals surface area (Å²) in [5.74, 6) is 0. The molecule has 0 spiro atoms. The summed E-state index contributed by atoms with van der Waals surface area (Å²) < 4.78 is 1.10. The second kappa shape index (κ2) is 6.19. The third-order valence-electron chi connectivity index (χ3n) is 2.25. The lowest BCUT2D eigenvalue weighted by atomic mass is 10.2. The molecule has 4 heteroatoms. The van der Waals surface area contributed by atoms with Gasteiger partial charge in [-0.05, 0) is 17.7 Å². The molecule has 0 fully saturated rings. The van der Waals surface area contributed by atoms with Crippen molar-refractivity contribution in [2.24, 2.45) is 0 Å². The molecule has 0 radical (unpaired) electrons. The summed E-state index contributed by atoms with van der Waals surface area (Å²) in [5.41, 5.74) is 1.32. The predicted molar refractivity (Wildman–Crippen MR) is 74.7 cm³/mol. The average molecular weight is 264 g/mol. The molecule has 0 unspecified atom stereocenters. The number of rotatable bonds is 5. The molecule has 1 aromatic carbocycles. The maximum Gasteiger partial charge on any atom is 0.154 e. The van der Waals surface area contributed by atoms with Crippen molar-refractivity contribution in [1.82, 2.24) is 10.3 Å². The number of nitrogens with one attached hydrogen (secondary N) is 1. The zero-order chi connectivity index (χ0) is 12.1. The molecule has 2 nitrogen and oxygen atoms in total. The van der Waals surface area contributed by atoms with Gasteiger partial charge >= 0.3 is 0 Å². The van der Waals surface area contributed by atoms with E-state index in [2.05, 4.69) is 48.4 Å². The maximum absolute atomic E-state index is 4.26. The molecule has 0 aliphatic rings. The van der Waals surface area contributed by atoms with Gasteiger partial charge in [0.25, 0.3) is 0 Å². The second-order valence-electron chi connectivity index (χ2n) is 4.08. The summed E-state index contributed by atoms with van der Waals surface area (Å²) in [6.07, 6.45) is 1.84. The standard InChI is InChI=1S/C13H16N2S2/c1-10(2)15-9-11-3-5-12(6-4-11)17-13-14-7-8-16-13/h3-8,10,15H,9H2,1-2H3. The Bertz CT molecular complexity index is 435. The highest BCUT2D eigenvalue weighted by Crippen LogP contribution is 2.28. The van der Waals surface area contributed by atoms with Gasteiger partial charge in [0.2, 0.25) is 0 Å². The fourth-order valence-electron chi connectivity index (χ4n) is 1.36. The minimum absolute atomic E-state index is 0.527. The minimum atomic E-state index is 0.527. The van der Waals surface area contributed by atoms with Gasteiger partial charge < -0.3 is 5.32 Å².